The molecule has 1 heterocycles. The largest absolute Gasteiger partial charge is 0.363 e. The van der Waals surface area contributed by atoms with Gasteiger partial charge in [0, 0.05) is 5.39 Å². The van der Waals surface area contributed by atoms with Crippen LogP contribution in [0.15, 0.2) is 48.5 Å². The lowest BCUT2D eigenvalue weighted by molar-refractivity contribution is -0.116. The van der Waals surface area contributed by atoms with Gasteiger partial charge in [-0.15, -0.1) is 0 Å². The van der Waals surface area contributed by atoms with Gasteiger partial charge in [0.15, 0.2) is 0 Å². The Morgan fingerprint density at radius 2 is 2.07 bits per heavy atom. The number of hydrogen-bond acceptors (Lipinski definition) is 4. The first-order valence-electron chi connectivity index (χ1n) is 9.39. The smallest absolute Gasteiger partial charge is 0.238 e. The molecule has 5 nitrogen and oxygen atoms in total. The predicted molar refractivity (Wildman–Crippen MR) is 110 cm³/mol. The average Bonchev–Trinajstić information content (AvgIpc) is 3.03. The number of carbonyl (C=O) groups excluding carboxylic acids is 1. The Balaban J connectivity index is 1.55. The molecule has 0 bridgehead atoms. The molecule has 28 heavy (non-hydrogen) atoms. The molecular formula is C22H23FN4O. The molecule has 1 aromatic heterocycles. The van der Waals surface area contributed by atoms with Crippen LogP contribution in [0.5, 0.6) is 0 Å². The number of nitrogens with one attached hydrogen (secondary N) is 2. The summed E-state index contributed by atoms with van der Waals surface area (Å²) in [5.41, 5.74) is 3.76. The van der Waals surface area contributed by atoms with Crippen molar-refractivity contribution in [3.05, 3.63) is 65.5 Å². The third kappa shape index (κ3) is 3.82. The van der Waals surface area contributed by atoms with Crippen molar-refractivity contribution in [3.63, 3.8) is 0 Å². The van der Waals surface area contributed by atoms with Crippen LogP contribution >= 0.6 is 0 Å². The minimum atomic E-state index is -0.188. The van der Waals surface area contributed by atoms with E-state index < -0.39 is 0 Å². The van der Waals surface area contributed by atoms with Gasteiger partial charge in [-0.25, -0.2) is 9.37 Å². The van der Waals surface area contributed by atoms with Gasteiger partial charge in [-0.1, -0.05) is 12.1 Å². The van der Waals surface area contributed by atoms with Gasteiger partial charge < -0.3 is 15.5 Å². The lowest BCUT2D eigenvalue weighted by atomic mass is 10.1. The number of anilines is 2. The molecule has 0 aliphatic heterocycles. The molecule has 3 aromatic rings. The molecule has 0 saturated heterocycles. The molecule has 0 fully saturated rings. The van der Waals surface area contributed by atoms with Crippen LogP contribution in [-0.2, 0) is 11.2 Å². The van der Waals surface area contributed by atoms with Gasteiger partial charge >= 0.3 is 0 Å². The van der Waals surface area contributed by atoms with Crippen LogP contribution in [0.1, 0.15) is 23.6 Å². The fourth-order valence-electron chi connectivity index (χ4n) is 3.74. The van der Waals surface area contributed by atoms with Crippen molar-refractivity contribution in [1.82, 2.24) is 9.88 Å². The Morgan fingerprint density at radius 3 is 2.89 bits per heavy atom. The van der Waals surface area contributed by atoms with E-state index in [1.807, 2.05) is 55.4 Å². The summed E-state index contributed by atoms with van der Waals surface area (Å²) in [5.74, 6) is 0.521. The van der Waals surface area contributed by atoms with Crippen molar-refractivity contribution in [2.24, 2.45) is 0 Å². The standard InChI is InChI=1S/C22H23FN4O/c1-27(2)13-22(28)26-19-5-3-4-18-17(19)9-11-21(24-18)25-20-10-6-14-12-15(23)7-8-16(14)20/h3-5,7-9,11-12,20H,6,10,13H2,1-2H3,(H,24,25)(H,26,28). The van der Waals surface area contributed by atoms with Crippen molar-refractivity contribution < 1.29 is 9.18 Å². The monoisotopic (exact) mass is 378 g/mol. The second-order valence-corrected chi connectivity index (χ2v) is 7.43. The summed E-state index contributed by atoms with van der Waals surface area (Å²) in [4.78, 5) is 18.6. The van der Waals surface area contributed by atoms with E-state index in [2.05, 4.69) is 10.6 Å². The van der Waals surface area contributed by atoms with Gasteiger partial charge in [-0.3, -0.25) is 4.79 Å². The number of amides is 1. The minimum Gasteiger partial charge on any atom is -0.363 e. The summed E-state index contributed by atoms with van der Waals surface area (Å²) < 4.78 is 13.4. The topological polar surface area (TPSA) is 57.3 Å². The van der Waals surface area contributed by atoms with Crippen LogP contribution in [0, 0.1) is 5.82 Å². The fourth-order valence-corrected chi connectivity index (χ4v) is 3.74. The Kier molecular flexibility index (Phi) is 4.96. The van der Waals surface area contributed by atoms with Crippen molar-refractivity contribution >= 4 is 28.3 Å². The quantitative estimate of drug-likeness (QED) is 0.705. The summed E-state index contributed by atoms with van der Waals surface area (Å²) >= 11 is 0. The highest BCUT2D eigenvalue weighted by atomic mass is 19.1. The molecule has 6 heteroatoms. The molecule has 4 rings (SSSR count). The number of hydrogen-bond donors (Lipinski definition) is 2. The van der Waals surface area contributed by atoms with E-state index in [1.165, 1.54) is 6.07 Å². The van der Waals surface area contributed by atoms with Crippen LogP contribution in [-0.4, -0.2) is 36.4 Å². The van der Waals surface area contributed by atoms with E-state index in [0.717, 1.165) is 46.4 Å². The van der Waals surface area contributed by atoms with Crippen LogP contribution in [0.3, 0.4) is 0 Å². The molecule has 1 aliphatic rings. The molecule has 2 N–H and O–H groups in total. The van der Waals surface area contributed by atoms with E-state index in [-0.39, 0.29) is 17.8 Å². The van der Waals surface area contributed by atoms with E-state index in [0.29, 0.717) is 6.54 Å². The summed E-state index contributed by atoms with van der Waals surface area (Å²) in [7, 11) is 3.72. The van der Waals surface area contributed by atoms with Crippen LogP contribution < -0.4 is 10.6 Å². The average molecular weight is 378 g/mol. The highest BCUT2D eigenvalue weighted by molar-refractivity contribution is 6.02. The third-order valence-corrected chi connectivity index (χ3v) is 4.97. The maximum atomic E-state index is 13.4. The Labute approximate surface area is 163 Å². The predicted octanol–water partition coefficient (Wildman–Crippen LogP) is 3.97. The maximum absolute atomic E-state index is 13.4. The molecule has 1 amide bonds. The highest BCUT2D eigenvalue weighted by Gasteiger charge is 2.23. The number of fused-ring (bicyclic) bond motifs is 2. The number of pyridine rings is 1. The summed E-state index contributed by atoms with van der Waals surface area (Å²) in [6, 6.07) is 14.7. The molecule has 2 aromatic carbocycles. The second kappa shape index (κ2) is 7.56. The van der Waals surface area contributed by atoms with Crippen molar-refractivity contribution in [3.8, 4) is 0 Å². The number of benzene rings is 2. The van der Waals surface area contributed by atoms with E-state index in [9.17, 15) is 9.18 Å². The van der Waals surface area contributed by atoms with Gasteiger partial charge in [0.05, 0.1) is 23.8 Å². The maximum Gasteiger partial charge on any atom is 0.238 e. The highest BCUT2D eigenvalue weighted by Crippen LogP contribution is 2.34. The lowest BCUT2D eigenvalue weighted by Gasteiger charge is -2.16. The zero-order chi connectivity index (χ0) is 19.7. The molecule has 1 atom stereocenters. The molecule has 0 saturated carbocycles. The van der Waals surface area contributed by atoms with Crippen molar-refractivity contribution in [2.45, 2.75) is 18.9 Å². The number of aromatic nitrogens is 1. The van der Waals surface area contributed by atoms with Crippen LogP contribution in [0.2, 0.25) is 0 Å². The number of halogens is 1. The lowest BCUT2D eigenvalue weighted by Crippen LogP contribution is -2.27. The molecular weight excluding hydrogens is 355 g/mol. The van der Waals surface area contributed by atoms with Crippen LogP contribution in [0.25, 0.3) is 10.9 Å². The van der Waals surface area contributed by atoms with Crippen LogP contribution in [0.4, 0.5) is 15.9 Å². The van der Waals surface area contributed by atoms with Gasteiger partial charge in [-0.05, 0) is 74.5 Å². The number of likely N-dealkylation sites (N-methyl/N-ethyl adjacent to an activating group) is 1. The normalized spacial score (nSPS) is 15.6. The molecule has 144 valence electrons. The summed E-state index contributed by atoms with van der Waals surface area (Å²) in [6.07, 6.45) is 1.78. The Bertz CT molecular complexity index is 1030. The van der Waals surface area contributed by atoms with Crippen molar-refractivity contribution in [2.75, 3.05) is 31.3 Å². The SMILES string of the molecule is CN(C)CC(=O)Nc1cccc2nc(NC3CCc4cc(F)ccc43)ccc12. The first-order chi connectivity index (χ1) is 13.5. The third-order valence-electron chi connectivity index (χ3n) is 4.97. The minimum absolute atomic E-state index is 0.0607. The van der Waals surface area contributed by atoms with E-state index >= 15 is 0 Å². The first kappa shape index (κ1) is 18.4. The molecule has 0 spiro atoms. The van der Waals surface area contributed by atoms with E-state index in [1.54, 1.807) is 6.07 Å². The van der Waals surface area contributed by atoms with Gasteiger partial charge in [0.25, 0.3) is 0 Å². The summed E-state index contributed by atoms with van der Waals surface area (Å²) in [5, 5.41) is 7.32. The summed E-state index contributed by atoms with van der Waals surface area (Å²) in [6.45, 7) is 0.325. The van der Waals surface area contributed by atoms with Gasteiger partial charge in [-0.2, -0.15) is 0 Å². The van der Waals surface area contributed by atoms with Gasteiger partial charge in [0.2, 0.25) is 5.91 Å². The molecule has 0 radical (unpaired) electrons. The number of rotatable bonds is 5. The number of carbonyl (C=O) groups is 1. The first-order valence-corrected chi connectivity index (χ1v) is 9.39. The van der Waals surface area contributed by atoms with Crippen molar-refractivity contribution in [1.29, 1.82) is 0 Å². The molecule has 1 aliphatic carbocycles. The zero-order valence-corrected chi connectivity index (χ0v) is 16.0. The Morgan fingerprint density at radius 1 is 1.21 bits per heavy atom. The number of nitrogens with zero attached hydrogens (tertiary/aromatic N) is 2. The number of aryl methyl sites for hydroxylation is 1. The zero-order valence-electron chi connectivity index (χ0n) is 16.0. The fraction of sp³-hybridized carbons (Fsp3) is 0.273. The van der Waals surface area contributed by atoms with Gasteiger partial charge in [0.1, 0.15) is 11.6 Å². The Hall–Kier alpha value is -2.99. The molecule has 1 unspecified atom stereocenters. The van der Waals surface area contributed by atoms with E-state index in [4.69, 9.17) is 4.98 Å². The second-order valence-electron chi connectivity index (χ2n) is 7.43.